The van der Waals surface area contributed by atoms with E-state index in [1.165, 1.54) is 16.2 Å². The summed E-state index contributed by atoms with van der Waals surface area (Å²) in [5.41, 5.74) is 21.2. The Morgan fingerprint density at radius 2 is 1.45 bits per heavy atom. The van der Waals surface area contributed by atoms with Gasteiger partial charge in [0, 0.05) is 44.7 Å². The highest BCUT2D eigenvalue weighted by atomic mass is 16.2. The lowest BCUT2D eigenvalue weighted by atomic mass is 9.67. The van der Waals surface area contributed by atoms with Gasteiger partial charge in [-0.3, -0.25) is 9.59 Å². The van der Waals surface area contributed by atoms with E-state index in [0.29, 0.717) is 38.4 Å². The summed E-state index contributed by atoms with van der Waals surface area (Å²) in [6.45, 7) is 4.57. The molecule has 0 aromatic heterocycles. The van der Waals surface area contributed by atoms with E-state index in [-0.39, 0.29) is 29.6 Å². The van der Waals surface area contributed by atoms with Crippen molar-refractivity contribution in [3.05, 3.63) is 96.1 Å². The lowest BCUT2D eigenvalue weighted by Crippen LogP contribution is -2.58. The van der Waals surface area contributed by atoms with E-state index in [9.17, 15) is 9.59 Å². The van der Waals surface area contributed by atoms with Crippen LogP contribution in [0.1, 0.15) is 56.1 Å². The molecular weight excluding hydrogens is 633 g/mol. The summed E-state index contributed by atoms with van der Waals surface area (Å²) in [7, 11) is 0. The Balaban J connectivity index is 1.13. The number of unbranched alkanes of at least 4 members (excludes halogenated alkanes) is 1. The lowest BCUT2D eigenvalue weighted by molar-refractivity contribution is -0.136. The molecule has 4 aromatic rings. The van der Waals surface area contributed by atoms with Gasteiger partial charge in [-0.25, -0.2) is 0 Å². The molecule has 1 saturated heterocycles. The highest BCUT2D eigenvalue weighted by molar-refractivity contribution is 5.88. The van der Waals surface area contributed by atoms with Crippen molar-refractivity contribution in [1.29, 1.82) is 0 Å². The summed E-state index contributed by atoms with van der Waals surface area (Å²) in [6.07, 6.45) is 8.17. The highest BCUT2D eigenvalue weighted by Gasteiger charge is 2.40. The number of piperazine rings is 1. The number of carbonyl (C=O) groups excluding carboxylic acids is 2. The van der Waals surface area contributed by atoms with E-state index < -0.39 is 12.1 Å². The molecule has 1 saturated carbocycles. The number of fused-ring (bicyclic) bond motifs is 2. The number of Topliss-reactive ketones (excluding diaryl/α,β-unsaturated/α-hetero) is 1. The molecule has 6 rings (SSSR count). The maximum atomic E-state index is 14.4. The number of nitrogens with two attached hydrogens (primary N) is 3. The number of hydrogen-bond acceptors (Lipinski definition) is 7. The molecule has 8 nitrogen and oxygen atoms in total. The molecule has 272 valence electrons. The second-order valence-corrected chi connectivity index (χ2v) is 15.1. The van der Waals surface area contributed by atoms with Crippen LogP contribution in [0, 0.1) is 17.8 Å². The van der Waals surface area contributed by atoms with Crippen molar-refractivity contribution in [3.8, 4) is 0 Å². The van der Waals surface area contributed by atoms with Crippen molar-refractivity contribution in [2.75, 3.05) is 39.3 Å². The molecule has 0 radical (unpaired) electrons. The van der Waals surface area contributed by atoms with E-state index in [1.807, 2.05) is 29.2 Å². The summed E-state index contributed by atoms with van der Waals surface area (Å²) >= 11 is 0. The molecule has 0 spiro atoms. The maximum absolute atomic E-state index is 14.4. The van der Waals surface area contributed by atoms with Gasteiger partial charge in [0.1, 0.15) is 0 Å². The number of nitrogens with zero attached hydrogens (tertiary/aromatic N) is 1. The number of nitrogens with one attached hydrogen (secondary N) is 2. The Morgan fingerprint density at radius 3 is 2.12 bits per heavy atom. The van der Waals surface area contributed by atoms with Crippen molar-refractivity contribution in [2.24, 2.45) is 35.0 Å². The van der Waals surface area contributed by atoms with Crippen LogP contribution in [0.2, 0.25) is 0 Å². The number of rotatable bonds is 16. The maximum Gasteiger partial charge on any atom is 0.240 e. The van der Waals surface area contributed by atoms with Crippen LogP contribution >= 0.6 is 0 Å². The minimum absolute atomic E-state index is 0.00229. The lowest BCUT2D eigenvalue weighted by Gasteiger charge is -2.43. The van der Waals surface area contributed by atoms with Gasteiger partial charge in [0.15, 0.2) is 5.78 Å². The molecule has 8 heteroatoms. The number of amides is 1. The van der Waals surface area contributed by atoms with Crippen molar-refractivity contribution in [2.45, 2.75) is 75.9 Å². The van der Waals surface area contributed by atoms with Crippen molar-refractivity contribution >= 4 is 33.2 Å². The van der Waals surface area contributed by atoms with Gasteiger partial charge in [-0.1, -0.05) is 104 Å². The van der Waals surface area contributed by atoms with E-state index in [0.717, 1.165) is 81.1 Å². The third kappa shape index (κ3) is 9.82. The van der Waals surface area contributed by atoms with Gasteiger partial charge in [0.2, 0.25) is 5.91 Å². The molecule has 2 aliphatic rings. The van der Waals surface area contributed by atoms with E-state index in [4.69, 9.17) is 17.2 Å². The van der Waals surface area contributed by atoms with Crippen LogP contribution in [0.15, 0.2) is 84.9 Å². The molecule has 6 atom stereocenters. The Labute approximate surface area is 303 Å². The standard InChI is InChI=1S/C43H58N6O2/c44-18-20-47-19-6-5-7-30-12-17-37(39(25-30)42(50)40(45)26-31-13-15-33-8-1-3-10-35(33)23-31)28-38-29-48-21-22-49(38)43(51)41(46)27-32-14-16-34-9-2-4-11-36(34)24-32/h1-4,8-11,13-16,23-24,30,37-41,47-48H,5-7,12,17-22,25-29,44-46H2/t30?,37?,38-,39?,40+,41+/m0/s1. The molecule has 0 bridgehead atoms. The molecule has 1 aliphatic heterocycles. The van der Waals surface area contributed by atoms with E-state index in [2.05, 4.69) is 71.3 Å². The first kappa shape index (κ1) is 37.1. The van der Waals surface area contributed by atoms with Gasteiger partial charge in [0.25, 0.3) is 0 Å². The van der Waals surface area contributed by atoms with Crippen LogP contribution < -0.4 is 27.8 Å². The number of ketones is 1. The van der Waals surface area contributed by atoms with E-state index in [1.54, 1.807) is 0 Å². The minimum Gasteiger partial charge on any atom is -0.336 e. The first-order valence-electron chi connectivity index (χ1n) is 19.3. The summed E-state index contributed by atoms with van der Waals surface area (Å²) in [4.78, 5) is 30.4. The van der Waals surface area contributed by atoms with Crippen LogP contribution in [0.5, 0.6) is 0 Å². The second-order valence-electron chi connectivity index (χ2n) is 15.1. The number of benzene rings is 4. The normalized spacial score (nSPS) is 22.2. The van der Waals surface area contributed by atoms with Gasteiger partial charge in [-0.15, -0.1) is 0 Å². The topological polar surface area (TPSA) is 140 Å². The fourth-order valence-electron chi connectivity index (χ4n) is 8.65. The summed E-state index contributed by atoms with van der Waals surface area (Å²) < 4.78 is 0. The van der Waals surface area contributed by atoms with Crippen molar-refractivity contribution in [1.82, 2.24) is 15.5 Å². The van der Waals surface area contributed by atoms with E-state index >= 15 is 0 Å². The summed E-state index contributed by atoms with van der Waals surface area (Å²) in [5.74, 6) is 0.758. The smallest absolute Gasteiger partial charge is 0.240 e. The largest absolute Gasteiger partial charge is 0.336 e. The Bertz CT molecular complexity index is 1740. The fraction of sp³-hybridized carbons (Fsp3) is 0.488. The average molecular weight is 691 g/mol. The molecule has 51 heavy (non-hydrogen) atoms. The second kappa shape index (κ2) is 18.2. The number of carbonyl (C=O) groups is 2. The van der Waals surface area contributed by atoms with Crippen molar-refractivity contribution in [3.63, 3.8) is 0 Å². The average Bonchev–Trinajstić information content (AvgIpc) is 3.16. The molecule has 8 N–H and O–H groups in total. The number of hydrogen-bond donors (Lipinski definition) is 5. The molecular formula is C43H58N6O2. The predicted octanol–water partition coefficient (Wildman–Crippen LogP) is 4.94. The zero-order valence-corrected chi connectivity index (χ0v) is 30.1. The third-order valence-electron chi connectivity index (χ3n) is 11.4. The molecule has 2 fully saturated rings. The predicted molar refractivity (Wildman–Crippen MR) is 209 cm³/mol. The first-order valence-corrected chi connectivity index (χ1v) is 19.3. The minimum atomic E-state index is -0.616. The molecule has 1 amide bonds. The monoisotopic (exact) mass is 690 g/mol. The van der Waals surface area contributed by atoms with Crippen molar-refractivity contribution < 1.29 is 9.59 Å². The van der Waals surface area contributed by atoms with Gasteiger partial charge in [0.05, 0.1) is 12.1 Å². The van der Waals surface area contributed by atoms with Crippen LogP contribution in [-0.4, -0.2) is 74.0 Å². The zero-order chi connectivity index (χ0) is 35.6. The van der Waals surface area contributed by atoms with Gasteiger partial charge in [-0.2, -0.15) is 0 Å². The summed E-state index contributed by atoms with van der Waals surface area (Å²) in [5, 5.41) is 11.6. The van der Waals surface area contributed by atoms with Gasteiger partial charge in [-0.05, 0) is 89.6 Å². The van der Waals surface area contributed by atoms with Gasteiger partial charge >= 0.3 is 0 Å². The SMILES string of the molecule is NCCNCCCCC1CCC(C[C@H]2CNCCN2C(=O)[C@H](N)Cc2ccc3ccccc3c2)C(C(=O)[C@H](N)Cc2ccc3ccccc3c2)C1. The molecule has 3 unspecified atom stereocenters. The molecule has 4 aromatic carbocycles. The van der Waals surface area contributed by atoms with Crippen LogP contribution in [-0.2, 0) is 22.4 Å². The van der Waals surface area contributed by atoms with Crippen LogP contribution in [0.4, 0.5) is 0 Å². The Hall–Kier alpha value is -3.66. The van der Waals surface area contributed by atoms with Crippen LogP contribution in [0.3, 0.4) is 0 Å². The zero-order valence-electron chi connectivity index (χ0n) is 30.1. The highest BCUT2D eigenvalue weighted by Crippen LogP contribution is 2.40. The van der Waals surface area contributed by atoms with Crippen LogP contribution in [0.25, 0.3) is 21.5 Å². The molecule has 1 heterocycles. The molecule has 1 aliphatic carbocycles. The fourth-order valence-corrected chi connectivity index (χ4v) is 8.65. The summed E-state index contributed by atoms with van der Waals surface area (Å²) in [6, 6.07) is 28.1. The third-order valence-corrected chi connectivity index (χ3v) is 11.4. The first-order chi connectivity index (χ1) is 24.9. The quantitative estimate of drug-likeness (QED) is 0.105. The Morgan fingerprint density at radius 1 is 0.804 bits per heavy atom. The van der Waals surface area contributed by atoms with Gasteiger partial charge < -0.3 is 32.7 Å². The Kier molecular flexibility index (Phi) is 13.2.